The maximum atomic E-state index is 13.4. The van der Waals surface area contributed by atoms with E-state index in [1.54, 1.807) is 50.5 Å². The van der Waals surface area contributed by atoms with Crippen molar-refractivity contribution in [1.82, 2.24) is 9.55 Å². The van der Waals surface area contributed by atoms with E-state index in [9.17, 15) is 9.59 Å². The number of nitrogens with zero attached hydrogens (tertiary/aromatic N) is 2. The summed E-state index contributed by atoms with van der Waals surface area (Å²) in [5.41, 5.74) is -1.36. The van der Waals surface area contributed by atoms with Crippen LogP contribution >= 0.6 is 11.6 Å². The van der Waals surface area contributed by atoms with Crippen LogP contribution in [0, 0.1) is 11.3 Å². The van der Waals surface area contributed by atoms with Gasteiger partial charge < -0.3 is 9.47 Å². The van der Waals surface area contributed by atoms with Crippen LogP contribution in [0.4, 0.5) is 0 Å². The predicted octanol–water partition coefficient (Wildman–Crippen LogP) is 3.91. The molecule has 26 heavy (non-hydrogen) atoms. The standard InChI is InChI=1S/C19H23ClN2O4/c1-5-25-18(24)19(4,13(2)3)16(23)17(22-11-10-21-12-22)26-15-8-6-14(20)7-9-15/h6-13,17H,5H2,1-4H3. The van der Waals surface area contributed by atoms with E-state index in [0.717, 1.165) is 0 Å². The molecule has 0 aliphatic heterocycles. The lowest BCUT2D eigenvalue weighted by Gasteiger charge is -2.33. The molecule has 0 N–H and O–H groups in total. The van der Waals surface area contributed by atoms with Crippen molar-refractivity contribution in [2.75, 3.05) is 6.61 Å². The Morgan fingerprint density at radius 2 is 1.92 bits per heavy atom. The fourth-order valence-corrected chi connectivity index (χ4v) is 2.58. The molecule has 0 aliphatic rings. The first kappa shape index (κ1) is 20.0. The number of esters is 1. The second kappa shape index (κ2) is 8.36. The molecule has 0 saturated heterocycles. The third-order valence-electron chi connectivity index (χ3n) is 4.45. The van der Waals surface area contributed by atoms with Crippen LogP contribution in [0.2, 0.25) is 5.02 Å². The Balaban J connectivity index is 2.41. The first-order valence-corrected chi connectivity index (χ1v) is 8.79. The van der Waals surface area contributed by atoms with Crippen molar-refractivity contribution >= 4 is 23.4 Å². The minimum atomic E-state index is -1.36. The number of aromatic nitrogens is 2. The van der Waals surface area contributed by atoms with Gasteiger partial charge in [-0.25, -0.2) is 4.98 Å². The van der Waals surface area contributed by atoms with E-state index in [-0.39, 0.29) is 12.5 Å². The van der Waals surface area contributed by atoms with Gasteiger partial charge in [-0.15, -0.1) is 0 Å². The number of halogens is 1. The normalized spacial score (nSPS) is 14.5. The second-order valence-corrected chi connectivity index (χ2v) is 6.81. The minimum Gasteiger partial charge on any atom is -0.465 e. The Bertz CT molecular complexity index is 743. The van der Waals surface area contributed by atoms with E-state index in [1.165, 1.54) is 10.9 Å². The molecule has 7 heteroatoms. The van der Waals surface area contributed by atoms with Crippen molar-refractivity contribution in [3.05, 3.63) is 48.0 Å². The summed E-state index contributed by atoms with van der Waals surface area (Å²) < 4.78 is 12.6. The highest BCUT2D eigenvalue weighted by atomic mass is 35.5. The lowest BCUT2D eigenvalue weighted by Crippen LogP contribution is -2.47. The lowest BCUT2D eigenvalue weighted by atomic mass is 9.74. The molecule has 0 fully saturated rings. The molecule has 0 radical (unpaired) electrons. The van der Waals surface area contributed by atoms with Gasteiger partial charge in [0.05, 0.1) is 12.9 Å². The molecule has 0 bridgehead atoms. The summed E-state index contributed by atoms with van der Waals surface area (Å²) in [4.78, 5) is 30.0. The van der Waals surface area contributed by atoms with Crippen molar-refractivity contribution in [1.29, 1.82) is 0 Å². The zero-order valence-corrected chi connectivity index (χ0v) is 16.1. The summed E-state index contributed by atoms with van der Waals surface area (Å²) in [6.45, 7) is 7.11. The van der Waals surface area contributed by atoms with Crippen LogP contribution in [0.1, 0.15) is 33.9 Å². The summed E-state index contributed by atoms with van der Waals surface area (Å²) in [7, 11) is 0. The van der Waals surface area contributed by atoms with E-state index in [1.807, 2.05) is 13.8 Å². The fraction of sp³-hybridized carbons (Fsp3) is 0.421. The number of imidazole rings is 1. The van der Waals surface area contributed by atoms with Gasteiger partial charge in [0.1, 0.15) is 11.2 Å². The van der Waals surface area contributed by atoms with E-state index < -0.39 is 23.4 Å². The van der Waals surface area contributed by atoms with Gasteiger partial charge in [0.25, 0.3) is 0 Å². The molecule has 1 aromatic heterocycles. The summed E-state index contributed by atoms with van der Waals surface area (Å²) >= 11 is 5.90. The maximum Gasteiger partial charge on any atom is 0.319 e. The molecule has 2 aromatic rings. The van der Waals surface area contributed by atoms with Gasteiger partial charge in [0.15, 0.2) is 0 Å². The number of carbonyl (C=O) groups excluding carboxylic acids is 2. The Hall–Kier alpha value is -2.34. The Morgan fingerprint density at radius 1 is 1.27 bits per heavy atom. The summed E-state index contributed by atoms with van der Waals surface area (Å²) in [5, 5.41) is 0.557. The van der Waals surface area contributed by atoms with Crippen molar-refractivity contribution in [2.45, 2.75) is 33.9 Å². The maximum absolute atomic E-state index is 13.4. The highest BCUT2D eigenvalue weighted by Gasteiger charge is 2.49. The molecule has 0 spiro atoms. The highest BCUT2D eigenvalue weighted by Crippen LogP contribution is 2.35. The van der Waals surface area contributed by atoms with Crippen molar-refractivity contribution in [3.8, 4) is 5.75 Å². The van der Waals surface area contributed by atoms with Gasteiger partial charge in [-0.05, 0) is 44.0 Å². The number of Topliss-reactive ketones (excluding diaryl/α,β-unsaturated/α-hetero) is 1. The topological polar surface area (TPSA) is 70.4 Å². The zero-order valence-electron chi connectivity index (χ0n) is 15.3. The van der Waals surface area contributed by atoms with Gasteiger partial charge in [0, 0.05) is 17.4 Å². The monoisotopic (exact) mass is 378 g/mol. The minimum absolute atomic E-state index is 0.197. The van der Waals surface area contributed by atoms with Gasteiger partial charge in [0.2, 0.25) is 12.0 Å². The number of benzene rings is 1. The number of hydrogen-bond donors (Lipinski definition) is 0. The largest absolute Gasteiger partial charge is 0.465 e. The Morgan fingerprint density at radius 3 is 2.42 bits per heavy atom. The molecule has 6 nitrogen and oxygen atoms in total. The van der Waals surface area contributed by atoms with Crippen LogP contribution in [0.25, 0.3) is 0 Å². The molecule has 1 heterocycles. The average Bonchev–Trinajstić information content (AvgIpc) is 3.14. The van der Waals surface area contributed by atoms with Crippen molar-refractivity contribution in [2.24, 2.45) is 11.3 Å². The number of hydrogen-bond acceptors (Lipinski definition) is 5. The number of ether oxygens (including phenoxy) is 2. The molecule has 2 unspecified atom stereocenters. The van der Waals surface area contributed by atoms with E-state index in [0.29, 0.717) is 10.8 Å². The molecule has 2 atom stereocenters. The quantitative estimate of drug-likeness (QED) is 0.514. The van der Waals surface area contributed by atoms with Crippen LogP contribution in [0.5, 0.6) is 5.75 Å². The average molecular weight is 379 g/mol. The van der Waals surface area contributed by atoms with Crippen LogP contribution in [0.15, 0.2) is 43.0 Å². The van der Waals surface area contributed by atoms with Gasteiger partial charge >= 0.3 is 5.97 Å². The highest BCUT2D eigenvalue weighted by molar-refractivity contribution is 6.30. The number of ketones is 1. The third-order valence-corrected chi connectivity index (χ3v) is 4.70. The van der Waals surface area contributed by atoms with Crippen LogP contribution in [-0.2, 0) is 14.3 Å². The summed E-state index contributed by atoms with van der Waals surface area (Å²) in [5.74, 6) is -0.797. The fourth-order valence-electron chi connectivity index (χ4n) is 2.46. The summed E-state index contributed by atoms with van der Waals surface area (Å²) in [6, 6.07) is 6.66. The first-order chi connectivity index (χ1) is 12.3. The predicted molar refractivity (Wildman–Crippen MR) is 97.9 cm³/mol. The van der Waals surface area contributed by atoms with E-state index in [4.69, 9.17) is 21.1 Å². The molecule has 0 aliphatic carbocycles. The van der Waals surface area contributed by atoms with Crippen LogP contribution in [0.3, 0.4) is 0 Å². The molecular formula is C19H23ClN2O4. The molecule has 2 rings (SSSR count). The Labute approximate surface area is 158 Å². The van der Waals surface area contributed by atoms with Crippen LogP contribution < -0.4 is 4.74 Å². The van der Waals surface area contributed by atoms with Crippen molar-refractivity contribution in [3.63, 3.8) is 0 Å². The third kappa shape index (κ3) is 4.07. The molecule has 0 saturated carbocycles. The Kier molecular flexibility index (Phi) is 6.42. The first-order valence-electron chi connectivity index (χ1n) is 8.41. The molecular weight excluding hydrogens is 356 g/mol. The molecule has 1 aromatic carbocycles. The number of carbonyl (C=O) groups is 2. The zero-order chi connectivity index (χ0) is 19.3. The van der Waals surface area contributed by atoms with Gasteiger partial charge in [-0.1, -0.05) is 25.4 Å². The van der Waals surface area contributed by atoms with E-state index >= 15 is 0 Å². The van der Waals surface area contributed by atoms with Gasteiger partial charge in [-0.3, -0.25) is 14.2 Å². The second-order valence-electron chi connectivity index (χ2n) is 6.38. The van der Waals surface area contributed by atoms with Crippen molar-refractivity contribution < 1.29 is 19.1 Å². The van der Waals surface area contributed by atoms with Gasteiger partial charge in [-0.2, -0.15) is 0 Å². The molecule has 0 amide bonds. The van der Waals surface area contributed by atoms with Crippen LogP contribution in [-0.4, -0.2) is 27.9 Å². The summed E-state index contributed by atoms with van der Waals surface area (Å²) in [6.07, 6.45) is 3.58. The number of rotatable bonds is 8. The lowest BCUT2D eigenvalue weighted by molar-refractivity contribution is -0.166. The van der Waals surface area contributed by atoms with E-state index in [2.05, 4.69) is 4.98 Å². The smallest absolute Gasteiger partial charge is 0.319 e. The molecule has 140 valence electrons. The SMILES string of the molecule is CCOC(=O)C(C)(C(=O)C(Oc1ccc(Cl)cc1)n1ccnc1)C(C)C.